The van der Waals surface area contributed by atoms with Gasteiger partial charge in [0, 0.05) is 5.69 Å². The van der Waals surface area contributed by atoms with Gasteiger partial charge in [-0.15, -0.1) is 0 Å². The molecule has 118 valence electrons. The molecule has 2 aliphatic heterocycles. The number of halogens is 3. The zero-order valence-electron chi connectivity index (χ0n) is 11.5. The third-order valence-corrected chi connectivity index (χ3v) is 4.16. The second kappa shape index (κ2) is 4.98. The molecule has 0 bridgehead atoms. The van der Waals surface area contributed by atoms with Crippen molar-refractivity contribution in [3.63, 3.8) is 0 Å². The monoisotopic (exact) mass is 313 g/mol. The predicted molar refractivity (Wildman–Crippen MR) is 72.3 cm³/mol. The van der Waals surface area contributed by atoms with Gasteiger partial charge in [-0.25, -0.2) is 4.79 Å². The van der Waals surface area contributed by atoms with Crippen LogP contribution in [-0.2, 0) is 11.0 Å². The van der Waals surface area contributed by atoms with Crippen LogP contribution in [0.1, 0.15) is 18.4 Å². The van der Waals surface area contributed by atoms with Crippen LogP contribution in [0.4, 0.5) is 23.7 Å². The summed E-state index contributed by atoms with van der Waals surface area (Å²) in [5, 5.41) is 5.37. The number of alkyl halides is 3. The molecule has 0 aliphatic carbocycles. The van der Waals surface area contributed by atoms with Crippen molar-refractivity contribution >= 4 is 17.6 Å². The minimum absolute atomic E-state index is 0.290. The van der Waals surface area contributed by atoms with E-state index in [0.29, 0.717) is 31.6 Å². The van der Waals surface area contributed by atoms with Crippen LogP contribution in [0.2, 0.25) is 0 Å². The summed E-state index contributed by atoms with van der Waals surface area (Å²) in [4.78, 5) is 25.6. The lowest BCUT2D eigenvalue weighted by molar-refractivity contribution is -0.137. The first-order valence-corrected chi connectivity index (χ1v) is 6.88. The smallest absolute Gasteiger partial charge is 0.317 e. The summed E-state index contributed by atoms with van der Waals surface area (Å²) in [5.41, 5.74) is -1.51. The van der Waals surface area contributed by atoms with Gasteiger partial charge in [-0.05, 0) is 50.2 Å². The van der Waals surface area contributed by atoms with E-state index >= 15 is 0 Å². The zero-order chi connectivity index (χ0) is 16.0. The standard InChI is InChI=1S/C14H14F3N3O2/c15-14(16,17)9-1-3-10(4-2-9)20-12(22)19-11(21)13(20)5-7-18-8-6-13/h1-4,18H,5-8H2,(H,19,21,22). The van der Waals surface area contributed by atoms with E-state index in [1.165, 1.54) is 17.0 Å². The van der Waals surface area contributed by atoms with E-state index < -0.39 is 23.3 Å². The number of imide groups is 1. The van der Waals surface area contributed by atoms with Crippen molar-refractivity contribution in [2.75, 3.05) is 18.0 Å². The topological polar surface area (TPSA) is 61.4 Å². The number of nitrogens with one attached hydrogen (secondary N) is 2. The molecule has 0 atom stereocenters. The highest BCUT2D eigenvalue weighted by molar-refractivity contribution is 6.17. The van der Waals surface area contributed by atoms with Gasteiger partial charge in [0.05, 0.1) is 5.56 Å². The van der Waals surface area contributed by atoms with Crippen LogP contribution in [0.15, 0.2) is 24.3 Å². The van der Waals surface area contributed by atoms with Gasteiger partial charge in [0.25, 0.3) is 5.91 Å². The van der Waals surface area contributed by atoms with Gasteiger partial charge >= 0.3 is 12.2 Å². The minimum Gasteiger partial charge on any atom is -0.317 e. The Labute approximate surface area is 124 Å². The Morgan fingerprint density at radius 1 is 1.05 bits per heavy atom. The highest BCUT2D eigenvalue weighted by Crippen LogP contribution is 2.37. The quantitative estimate of drug-likeness (QED) is 0.778. The largest absolute Gasteiger partial charge is 0.416 e. The molecule has 0 radical (unpaired) electrons. The maximum atomic E-state index is 12.6. The number of anilines is 1. The molecule has 3 rings (SSSR count). The van der Waals surface area contributed by atoms with Crippen molar-refractivity contribution in [1.82, 2.24) is 10.6 Å². The normalized spacial score (nSPS) is 21.3. The third-order valence-electron chi connectivity index (χ3n) is 4.16. The molecule has 2 heterocycles. The van der Waals surface area contributed by atoms with Gasteiger partial charge in [-0.3, -0.25) is 15.0 Å². The number of amides is 3. The van der Waals surface area contributed by atoms with Crippen LogP contribution in [0.5, 0.6) is 0 Å². The van der Waals surface area contributed by atoms with E-state index in [1.54, 1.807) is 0 Å². The summed E-state index contributed by atoms with van der Waals surface area (Å²) >= 11 is 0. The number of urea groups is 1. The van der Waals surface area contributed by atoms with Gasteiger partial charge in [0.1, 0.15) is 5.54 Å². The van der Waals surface area contributed by atoms with Crippen molar-refractivity contribution in [2.24, 2.45) is 0 Å². The molecule has 22 heavy (non-hydrogen) atoms. The Hall–Kier alpha value is -2.09. The number of nitrogens with zero attached hydrogens (tertiary/aromatic N) is 1. The van der Waals surface area contributed by atoms with Crippen LogP contribution in [-0.4, -0.2) is 30.6 Å². The van der Waals surface area contributed by atoms with Crippen LogP contribution in [0.25, 0.3) is 0 Å². The summed E-state index contributed by atoms with van der Waals surface area (Å²) in [6, 6.07) is 3.70. The maximum Gasteiger partial charge on any atom is 0.416 e. The molecule has 1 spiro atoms. The van der Waals surface area contributed by atoms with E-state index in [4.69, 9.17) is 0 Å². The molecule has 0 unspecified atom stereocenters. The molecule has 3 amide bonds. The Morgan fingerprint density at radius 2 is 1.64 bits per heavy atom. The highest BCUT2D eigenvalue weighted by atomic mass is 19.4. The molecule has 0 aromatic heterocycles. The Morgan fingerprint density at radius 3 is 2.18 bits per heavy atom. The second-order valence-corrected chi connectivity index (χ2v) is 5.42. The van der Waals surface area contributed by atoms with Gasteiger partial charge in [-0.1, -0.05) is 0 Å². The molecule has 1 aromatic rings. The lowest BCUT2D eigenvalue weighted by atomic mass is 9.86. The van der Waals surface area contributed by atoms with Gasteiger partial charge < -0.3 is 5.32 Å². The lowest BCUT2D eigenvalue weighted by Crippen LogP contribution is -2.56. The molecule has 2 aliphatic rings. The Kier molecular flexibility index (Phi) is 3.36. The molecule has 5 nitrogen and oxygen atoms in total. The van der Waals surface area contributed by atoms with Crippen molar-refractivity contribution in [2.45, 2.75) is 24.6 Å². The summed E-state index contributed by atoms with van der Waals surface area (Å²) in [7, 11) is 0. The number of benzene rings is 1. The zero-order valence-corrected chi connectivity index (χ0v) is 11.5. The Bertz CT molecular complexity index is 607. The fourth-order valence-electron chi connectivity index (χ4n) is 3.02. The van der Waals surface area contributed by atoms with Crippen molar-refractivity contribution in [3.8, 4) is 0 Å². The summed E-state index contributed by atoms with van der Waals surface area (Å²) in [6.07, 6.45) is -3.59. The number of piperidine rings is 1. The van der Waals surface area contributed by atoms with Gasteiger partial charge in [0.15, 0.2) is 0 Å². The average Bonchev–Trinajstić information content (AvgIpc) is 2.70. The highest BCUT2D eigenvalue weighted by Gasteiger charge is 2.53. The van der Waals surface area contributed by atoms with E-state index in [2.05, 4.69) is 10.6 Å². The van der Waals surface area contributed by atoms with Crippen molar-refractivity contribution in [3.05, 3.63) is 29.8 Å². The fraction of sp³-hybridized carbons (Fsp3) is 0.429. The molecule has 2 fully saturated rings. The maximum absolute atomic E-state index is 12.6. The summed E-state index contributed by atoms with van der Waals surface area (Å²) < 4.78 is 37.9. The third kappa shape index (κ3) is 2.23. The molecule has 0 saturated carbocycles. The van der Waals surface area contributed by atoms with Gasteiger partial charge in [-0.2, -0.15) is 13.2 Å². The number of hydrogen-bond acceptors (Lipinski definition) is 3. The van der Waals surface area contributed by atoms with E-state index in [0.717, 1.165) is 12.1 Å². The van der Waals surface area contributed by atoms with Crippen molar-refractivity contribution < 1.29 is 22.8 Å². The first kappa shape index (κ1) is 14.8. The number of carbonyl (C=O) groups excluding carboxylic acids is 2. The number of hydrogen-bond donors (Lipinski definition) is 2. The van der Waals surface area contributed by atoms with Crippen LogP contribution in [0.3, 0.4) is 0 Å². The molecule has 2 saturated heterocycles. The van der Waals surface area contributed by atoms with E-state index in [9.17, 15) is 22.8 Å². The van der Waals surface area contributed by atoms with Crippen molar-refractivity contribution in [1.29, 1.82) is 0 Å². The number of rotatable bonds is 1. The first-order chi connectivity index (χ1) is 10.3. The molecular formula is C14H14F3N3O2. The number of carbonyl (C=O) groups is 2. The Balaban J connectivity index is 1.98. The average molecular weight is 313 g/mol. The fourth-order valence-corrected chi connectivity index (χ4v) is 3.02. The predicted octanol–water partition coefficient (Wildman–Crippen LogP) is 1.88. The van der Waals surface area contributed by atoms with Crippen LogP contribution in [0, 0.1) is 0 Å². The second-order valence-electron chi connectivity index (χ2n) is 5.42. The SMILES string of the molecule is O=C1NC(=O)C2(CCNCC2)N1c1ccc(C(F)(F)F)cc1. The molecule has 8 heteroatoms. The molecular weight excluding hydrogens is 299 g/mol. The lowest BCUT2D eigenvalue weighted by Gasteiger charge is -2.38. The van der Waals surface area contributed by atoms with Gasteiger partial charge in [0.2, 0.25) is 0 Å². The minimum atomic E-state index is -4.44. The molecule has 2 N–H and O–H groups in total. The van der Waals surface area contributed by atoms with Crippen LogP contribution < -0.4 is 15.5 Å². The summed E-state index contributed by atoms with van der Waals surface area (Å²) in [5.74, 6) is -0.390. The first-order valence-electron chi connectivity index (χ1n) is 6.88. The van der Waals surface area contributed by atoms with Crippen LogP contribution >= 0.6 is 0 Å². The van der Waals surface area contributed by atoms with E-state index in [1.807, 2.05) is 0 Å². The summed E-state index contributed by atoms with van der Waals surface area (Å²) in [6.45, 7) is 1.13. The van der Waals surface area contributed by atoms with E-state index in [-0.39, 0.29) is 5.91 Å². The molecule has 1 aromatic carbocycles.